The number of halogens is 1. The van der Waals surface area contributed by atoms with Crippen molar-refractivity contribution in [3.05, 3.63) is 47.0 Å². The van der Waals surface area contributed by atoms with Crippen LogP contribution in [0.2, 0.25) is 5.15 Å². The van der Waals surface area contributed by atoms with Crippen LogP contribution in [0.15, 0.2) is 30.6 Å². The Balaban J connectivity index is 1.93. The lowest BCUT2D eigenvalue weighted by Crippen LogP contribution is -2.09. The lowest BCUT2D eigenvalue weighted by Gasteiger charge is -2.16. The molecule has 0 aromatic carbocycles. The molecule has 0 saturated heterocycles. The molecule has 0 aliphatic heterocycles. The van der Waals surface area contributed by atoms with Crippen LogP contribution in [-0.2, 0) is 12.8 Å². The van der Waals surface area contributed by atoms with Gasteiger partial charge in [-0.3, -0.25) is 4.98 Å². The fourth-order valence-electron chi connectivity index (χ4n) is 2.76. The molecule has 0 atom stereocenters. The molecule has 1 aliphatic rings. The molecule has 0 bridgehead atoms. The molecule has 0 saturated carbocycles. The Morgan fingerprint density at radius 3 is 2.75 bits per heavy atom. The maximum atomic E-state index is 6.51. The highest BCUT2D eigenvalue weighted by molar-refractivity contribution is 6.30. The summed E-state index contributed by atoms with van der Waals surface area (Å²) in [7, 11) is 0. The lowest BCUT2D eigenvalue weighted by atomic mass is 9.97. The average Bonchev–Trinajstić information content (AvgIpc) is 2.93. The van der Waals surface area contributed by atoms with Crippen molar-refractivity contribution in [1.82, 2.24) is 19.6 Å². The largest absolute Gasteiger partial charge is 0.265 e. The first-order valence-corrected chi connectivity index (χ1v) is 7.18. The molecule has 1 aliphatic carbocycles. The minimum atomic E-state index is 0.713. The monoisotopic (exact) mass is 284 g/mol. The topological polar surface area (TPSA) is 43.1 Å². The van der Waals surface area contributed by atoms with Gasteiger partial charge in [-0.1, -0.05) is 11.6 Å². The molecular formula is C15H13ClN4. The third-order valence-electron chi connectivity index (χ3n) is 3.79. The second kappa shape index (κ2) is 4.56. The number of aromatic nitrogens is 4. The predicted molar refractivity (Wildman–Crippen MR) is 77.9 cm³/mol. The maximum absolute atomic E-state index is 6.51. The van der Waals surface area contributed by atoms with Crippen molar-refractivity contribution >= 4 is 17.2 Å². The summed E-state index contributed by atoms with van der Waals surface area (Å²) in [5.74, 6) is 0. The van der Waals surface area contributed by atoms with Crippen LogP contribution in [0.4, 0.5) is 0 Å². The number of fused-ring (bicyclic) bond motifs is 2. The molecule has 5 heteroatoms. The molecule has 0 spiro atoms. The van der Waals surface area contributed by atoms with Gasteiger partial charge in [-0.05, 0) is 37.8 Å². The summed E-state index contributed by atoms with van der Waals surface area (Å²) in [6.45, 7) is 0. The third kappa shape index (κ3) is 1.79. The van der Waals surface area contributed by atoms with Gasteiger partial charge in [0.1, 0.15) is 5.15 Å². The van der Waals surface area contributed by atoms with Gasteiger partial charge in [-0.2, -0.15) is 5.10 Å². The highest BCUT2D eigenvalue weighted by Gasteiger charge is 2.18. The first-order chi connectivity index (χ1) is 9.83. The van der Waals surface area contributed by atoms with Crippen LogP contribution in [-0.4, -0.2) is 19.6 Å². The number of hydrogen-bond donors (Lipinski definition) is 0. The standard InChI is InChI=1S/C15H13ClN4/c16-15-11-3-1-2-4-12(11)18-14-9-13(19-20(14)15)10-5-7-17-8-6-10/h5-9H,1-4H2. The van der Waals surface area contributed by atoms with E-state index in [2.05, 4.69) is 10.1 Å². The van der Waals surface area contributed by atoms with Gasteiger partial charge in [0.2, 0.25) is 0 Å². The first kappa shape index (κ1) is 11.9. The summed E-state index contributed by atoms with van der Waals surface area (Å²) in [4.78, 5) is 8.75. The number of hydrogen-bond acceptors (Lipinski definition) is 3. The van der Waals surface area contributed by atoms with E-state index in [4.69, 9.17) is 16.6 Å². The van der Waals surface area contributed by atoms with Crippen molar-refractivity contribution < 1.29 is 0 Å². The summed E-state index contributed by atoms with van der Waals surface area (Å²) in [6, 6.07) is 5.86. The van der Waals surface area contributed by atoms with Gasteiger partial charge in [0.15, 0.2) is 5.65 Å². The van der Waals surface area contributed by atoms with Gasteiger partial charge in [0.25, 0.3) is 0 Å². The zero-order chi connectivity index (χ0) is 13.5. The second-order valence-electron chi connectivity index (χ2n) is 5.07. The van der Waals surface area contributed by atoms with Gasteiger partial charge >= 0.3 is 0 Å². The Morgan fingerprint density at radius 1 is 1.10 bits per heavy atom. The van der Waals surface area contributed by atoms with Crippen molar-refractivity contribution in [3.8, 4) is 11.3 Å². The highest BCUT2D eigenvalue weighted by atomic mass is 35.5. The Bertz CT molecular complexity index is 779. The molecular weight excluding hydrogens is 272 g/mol. The van der Waals surface area contributed by atoms with Crippen LogP contribution >= 0.6 is 11.6 Å². The number of rotatable bonds is 1. The summed E-state index contributed by atoms with van der Waals surface area (Å²) in [6.07, 6.45) is 7.91. The molecule has 0 fully saturated rings. The molecule has 0 radical (unpaired) electrons. The van der Waals surface area contributed by atoms with E-state index >= 15 is 0 Å². The molecule has 0 amide bonds. The Hall–Kier alpha value is -1.94. The van der Waals surface area contributed by atoms with Crippen LogP contribution in [0.1, 0.15) is 24.1 Å². The summed E-state index contributed by atoms with van der Waals surface area (Å²) < 4.78 is 1.75. The normalized spacial score (nSPS) is 14.4. The van der Waals surface area contributed by atoms with E-state index in [0.717, 1.165) is 41.0 Å². The maximum Gasteiger partial charge on any atom is 0.157 e. The van der Waals surface area contributed by atoms with Crippen molar-refractivity contribution in [1.29, 1.82) is 0 Å². The molecule has 4 nitrogen and oxygen atoms in total. The fraction of sp³-hybridized carbons (Fsp3) is 0.267. The molecule has 100 valence electrons. The van der Waals surface area contributed by atoms with Crippen molar-refractivity contribution in [2.24, 2.45) is 0 Å². The van der Waals surface area contributed by atoms with Gasteiger partial charge in [-0.15, -0.1) is 0 Å². The van der Waals surface area contributed by atoms with Crippen molar-refractivity contribution in [2.75, 3.05) is 0 Å². The van der Waals surface area contributed by atoms with Crippen LogP contribution in [0.25, 0.3) is 16.9 Å². The average molecular weight is 285 g/mol. The minimum absolute atomic E-state index is 0.713. The molecule has 20 heavy (non-hydrogen) atoms. The molecule has 0 N–H and O–H groups in total. The highest BCUT2D eigenvalue weighted by Crippen LogP contribution is 2.29. The van der Waals surface area contributed by atoms with Crippen LogP contribution < -0.4 is 0 Å². The molecule has 3 heterocycles. The van der Waals surface area contributed by atoms with E-state index in [0.29, 0.717) is 5.15 Å². The zero-order valence-corrected chi connectivity index (χ0v) is 11.6. The van der Waals surface area contributed by atoms with Crippen molar-refractivity contribution in [3.63, 3.8) is 0 Å². The van der Waals surface area contributed by atoms with Gasteiger partial charge in [-0.25, -0.2) is 9.50 Å². The van der Waals surface area contributed by atoms with E-state index in [-0.39, 0.29) is 0 Å². The molecule has 0 unspecified atom stereocenters. The van der Waals surface area contributed by atoms with E-state index in [1.54, 1.807) is 16.9 Å². The van der Waals surface area contributed by atoms with Crippen LogP contribution in [0.3, 0.4) is 0 Å². The Morgan fingerprint density at radius 2 is 1.90 bits per heavy atom. The summed E-state index contributed by atoms with van der Waals surface area (Å²) in [5.41, 5.74) is 5.02. The Kier molecular flexibility index (Phi) is 2.70. The summed E-state index contributed by atoms with van der Waals surface area (Å²) in [5, 5.41) is 5.30. The predicted octanol–water partition coefficient (Wildman–Crippen LogP) is 3.32. The number of pyridine rings is 1. The second-order valence-corrected chi connectivity index (χ2v) is 5.43. The SMILES string of the molecule is Clc1c2c(nc3cc(-c4ccncc4)nn13)CCCC2. The number of nitrogens with zero attached hydrogens (tertiary/aromatic N) is 4. The van der Waals surface area contributed by atoms with Crippen molar-refractivity contribution in [2.45, 2.75) is 25.7 Å². The lowest BCUT2D eigenvalue weighted by molar-refractivity contribution is 0.660. The minimum Gasteiger partial charge on any atom is -0.265 e. The number of aryl methyl sites for hydroxylation is 1. The van der Waals surface area contributed by atoms with E-state index < -0.39 is 0 Å². The van der Waals surface area contributed by atoms with Crippen LogP contribution in [0, 0.1) is 0 Å². The third-order valence-corrected chi connectivity index (χ3v) is 4.18. The molecule has 4 rings (SSSR count). The van der Waals surface area contributed by atoms with Gasteiger partial charge in [0, 0.05) is 35.3 Å². The molecule has 3 aromatic heterocycles. The first-order valence-electron chi connectivity index (χ1n) is 6.80. The fourth-order valence-corrected chi connectivity index (χ4v) is 3.09. The van der Waals surface area contributed by atoms with E-state index in [1.165, 1.54) is 12.8 Å². The Labute approximate surface area is 121 Å². The van der Waals surface area contributed by atoms with E-state index in [1.807, 2.05) is 18.2 Å². The summed E-state index contributed by atoms with van der Waals surface area (Å²) >= 11 is 6.51. The van der Waals surface area contributed by atoms with Crippen LogP contribution in [0.5, 0.6) is 0 Å². The van der Waals surface area contributed by atoms with Gasteiger partial charge in [0.05, 0.1) is 5.69 Å². The quantitative estimate of drug-likeness (QED) is 0.644. The van der Waals surface area contributed by atoms with E-state index in [9.17, 15) is 0 Å². The smallest absolute Gasteiger partial charge is 0.157 e. The zero-order valence-electron chi connectivity index (χ0n) is 10.9. The van der Waals surface area contributed by atoms with Gasteiger partial charge < -0.3 is 0 Å². The molecule has 3 aromatic rings.